The fraction of sp³-hybridized carbons (Fsp3) is 0.294. The van der Waals surface area contributed by atoms with Gasteiger partial charge in [0.2, 0.25) is 6.41 Å². The summed E-state index contributed by atoms with van der Waals surface area (Å²) in [6, 6.07) is 5.35. The van der Waals surface area contributed by atoms with Crippen LogP contribution in [0.25, 0.3) is 15.9 Å². The fourth-order valence-electron chi connectivity index (χ4n) is 3.05. The number of amides is 2. The number of aryl methyl sites for hydroxylation is 1. The van der Waals surface area contributed by atoms with E-state index in [1.807, 2.05) is 19.1 Å². The van der Waals surface area contributed by atoms with E-state index in [2.05, 4.69) is 4.98 Å². The zero-order valence-electron chi connectivity index (χ0n) is 13.6. The predicted molar refractivity (Wildman–Crippen MR) is 95.1 cm³/mol. The number of thiophene rings is 1. The lowest BCUT2D eigenvalue weighted by Gasteiger charge is -2.32. The maximum atomic E-state index is 12.7. The number of carbonyl (C=O) groups is 2. The number of pyridine rings is 1. The van der Waals surface area contributed by atoms with Crippen LogP contribution in [0, 0.1) is 6.92 Å². The van der Waals surface area contributed by atoms with Crippen molar-refractivity contribution in [2.24, 2.45) is 0 Å². The molecule has 4 heterocycles. The standard InChI is InChI=1S/C17H16N4O3S/c1-11-3-2-4-21-14(11)18-15-12(16(21)23)9-13(25-15)17(24)20-7-5-19(10-22)6-8-20/h2-4,9-10H,5-8H2,1H3. The van der Waals surface area contributed by atoms with Crippen molar-refractivity contribution < 1.29 is 9.59 Å². The van der Waals surface area contributed by atoms with E-state index in [9.17, 15) is 14.4 Å². The SMILES string of the molecule is Cc1cccn2c(=O)c3cc(C(=O)N4CCN(C=O)CC4)sc3nc12. The highest BCUT2D eigenvalue weighted by atomic mass is 32.1. The first kappa shape index (κ1) is 15.8. The summed E-state index contributed by atoms with van der Waals surface area (Å²) in [7, 11) is 0. The van der Waals surface area contributed by atoms with Gasteiger partial charge in [0.15, 0.2) is 0 Å². The van der Waals surface area contributed by atoms with E-state index < -0.39 is 0 Å². The second kappa shape index (κ2) is 5.96. The van der Waals surface area contributed by atoms with Crippen molar-refractivity contribution in [2.75, 3.05) is 26.2 Å². The molecule has 3 aromatic rings. The molecule has 4 rings (SSSR count). The van der Waals surface area contributed by atoms with Crippen LogP contribution in [0.1, 0.15) is 15.2 Å². The van der Waals surface area contributed by atoms with Crippen LogP contribution in [-0.2, 0) is 4.79 Å². The molecule has 1 aliphatic heterocycles. The first-order valence-electron chi connectivity index (χ1n) is 7.98. The maximum absolute atomic E-state index is 12.7. The molecule has 0 bridgehead atoms. The molecule has 1 aliphatic rings. The minimum atomic E-state index is -0.162. The number of rotatable bonds is 2. The molecule has 1 saturated heterocycles. The highest BCUT2D eigenvalue weighted by molar-refractivity contribution is 7.20. The Morgan fingerprint density at radius 1 is 1.28 bits per heavy atom. The topological polar surface area (TPSA) is 75.0 Å². The number of nitrogens with zero attached hydrogens (tertiary/aromatic N) is 4. The first-order valence-corrected chi connectivity index (χ1v) is 8.80. The van der Waals surface area contributed by atoms with Crippen LogP contribution in [0.4, 0.5) is 0 Å². The van der Waals surface area contributed by atoms with Crippen molar-refractivity contribution in [3.8, 4) is 0 Å². The summed E-state index contributed by atoms with van der Waals surface area (Å²) in [5.74, 6) is -0.112. The van der Waals surface area contributed by atoms with Crippen LogP contribution in [-0.4, -0.2) is 57.7 Å². The van der Waals surface area contributed by atoms with Gasteiger partial charge in [-0.3, -0.25) is 18.8 Å². The summed E-state index contributed by atoms with van der Waals surface area (Å²) in [5, 5.41) is 0.461. The van der Waals surface area contributed by atoms with Gasteiger partial charge in [0.05, 0.1) is 10.3 Å². The van der Waals surface area contributed by atoms with Gasteiger partial charge in [-0.25, -0.2) is 4.98 Å². The van der Waals surface area contributed by atoms with E-state index in [-0.39, 0.29) is 11.5 Å². The molecule has 7 nitrogen and oxygen atoms in total. The molecular weight excluding hydrogens is 340 g/mol. The maximum Gasteiger partial charge on any atom is 0.266 e. The number of aromatic nitrogens is 2. The quantitative estimate of drug-likeness (QED) is 0.645. The second-order valence-electron chi connectivity index (χ2n) is 6.06. The Morgan fingerprint density at radius 3 is 2.76 bits per heavy atom. The van der Waals surface area contributed by atoms with Crippen LogP contribution >= 0.6 is 11.3 Å². The Hall–Kier alpha value is -2.74. The van der Waals surface area contributed by atoms with Crippen molar-refractivity contribution in [1.29, 1.82) is 0 Å². The molecule has 0 spiro atoms. The molecule has 1 fully saturated rings. The van der Waals surface area contributed by atoms with Gasteiger partial charge in [-0.1, -0.05) is 6.07 Å². The van der Waals surface area contributed by atoms with Gasteiger partial charge in [0.1, 0.15) is 10.5 Å². The molecular formula is C17H16N4O3S. The van der Waals surface area contributed by atoms with Crippen LogP contribution in [0.15, 0.2) is 29.2 Å². The average Bonchev–Trinajstić information content (AvgIpc) is 3.07. The smallest absolute Gasteiger partial charge is 0.266 e. The average molecular weight is 356 g/mol. The molecule has 128 valence electrons. The highest BCUT2D eigenvalue weighted by Crippen LogP contribution is 2.24. The van der Waals surface area contributed by atoms with Gasteiger partial charge < -0.3 is 9.80 Å². The molecule has 8 heteroatoms. The number of carbonyl (C=O) groups excluding carboxylic acids is 2. The minimum Gasteiger partial charge on any atom is -0.342 e. The number of hydrogen-bond donors (Lipinski definition) is 0. The van der Waals surface area contributed by atoms with E-state index in [1.54, 1.807) is 22.1 Å². The van der Waals surface area contributed by atoms with E-state index >= 15 is 0 Å². The van der Waals surface area contributed by atoms with E-state index in [0.29, 0.717) is 46.9 Å². The molecule has 0 unspecified atom stereocenters. The zero-order chi connectivity index (χ0) is 17.6. The van der Waals surface area contributed by atoms with Crippen molar-refractivity contribution in [3.63, 3.8) is 0 Å². The van der Waals surface area contributed by atoms with Crippen LogP contribution in [0.2, 0.25) is 0 Å². The summed E-state index contributed by atoms with van der Waals surface area (Å²) in [5.41, 5.74) is 1.36. The molecule has 0 aromatic carbocycles. The molecule has 0 N–H and O–H groups in total. The van der Waals surface area contributed by atoms with Gasteiger partial charge in [-0.15, -0.1) is 11.3 Å². The van der Waals surface area contributed by atoms with Crippen molar-refractivity contribution in [3.05, 3.63) is 45.2 Å². The molecule has 3 aromatic heterocycles. The van der Waals surface area contributed by atoms with Crippen LogP contribution in [0.3, 0.4) is 0 Å². The lowest BCUT2D eigenvalue weighted by molar-refractivity contribution is -0.119. The highest BCUT2D eigenvalue weighted by Gasteiger charge is 2.24. The monoisotopic (exact) mass is 356 g/mol. The largest absolute Gasteiger partial charge is 0.342 e. The fourth-order valence-corrected chi connectivity index (χ4v) is 4.04. The summed E-state index contributed by atoms with van der Waals surface area (Å²) in [6.45, 7) is 3.96. The summed E-state index contributed by atoms with van der Waals surface area (Å²) in [4.78, 5) is 45.2. The normalized spacial score (nSPS) is 15.1. The summed E-state index contributed by atoms with van der Waals surface area (Å²) in [6.07, 6.45) is 2.49. The first-order chi connectivity index (χ1) is 12.1. The molecule has 0 atom stereocenters. The molecule has 25 heavy (non-hydrogen) atoms. The van der Waals surface area contributed by atoms with Crippen molar-refractivity contribution in [2.45, 2.75) is 6.92 Å². The Labute approximate surface area is 147 Å². The molecule has 0 saturated carbocycles. The minimum absolute atomic E-state index is 0.112. The van der Waals surface area contributed by atoms with Gasteiger partial charge in [0, 0.05) is 32.4 Å². The third kappa shape index (κ3) is 2.58. The Bertz CT molecular complexity index is 1050. The Balaban J connectivity index is 1.74. The Kier molecular flexibility index (Phi) is 3.76. The lowest BCUT2D eigenvalue weighted by Crippen LogP contribution is -2.47. The van der Waals surface area contributed by atoms with Gasteiger partial charge in [-0.05, 0) is 24.6 Å². The second-order valence-corrected chi connectivity index (χ2v) is 7.10. The van der Waals surface area contributed by atoms with Crippen molar-refractivity contribution in [1.82, 2.24) is 19.2 Å². The summed E-state index contributed by atoms with van der Waals surface area (Å²) >= 11 is 1.24. The zero-order valence-corrected chi connectivity index (χ0v) is 14.5. The third-order valence-corrected chi connectivity index (χ3v) is 5.51. The Morgan fingerprint density at radius 2 is 2.04 bits per heavy atom. The van der Waals surface area contributed by atoms with E-state index in [0.717, 1.165) is 12.0 Å². The van der Waals surface area contributed by atoms with E-state index in [4.69, 9.17) is 0 Å². The molecule has 2 amide bonds. The van der Waals surface area contributed by atoms with Crippen molar-refractivity contribution >= 4 is 39.5 Å². The summed E-state index contributed by atoms with van der Waals surface area (Å²) < 4.78 is 1.52. The van der Waals surface area contributed by atoms with Gasteiger partial charge in [0.25, 0.3) is 11.5 Å². The molecule has 0 aliphatic carbocycles. The van der Waals surface area contributed by atoms with Gasteiger partial charge >= 0.3 is 0 Å². The predicted octanol–water partition coefficient (Wildman–Crippen LogP) is 1.13. The number of piperazine rings is 1. The van der Waals surface area contributed by atoms with Gasteiger partial charge in [-0.2, -0.15) is 0 Å². The third-order valence-electron chi connectivity index (χ3n) is 4.49. The number of fused-ring (bicyclic) bond motifs is 2. The van der Waals surface area contributed by atoms with E-state index in [1.165, 1.54) is 15.7 Å². The lowest BCUT2D eigenvalue weighted by atomic mass is 10.2. The number of hydrogen-bond acceptors (Lipinski definition) is 5. The molecule has 0 radical (unpaired) electrons. The van der Waals surface area contributed by atoms with Crippen LogP contribution in [0.5, 0.6) is 0 Å². The van der Waals surface area contributed by atoms with Crippen LogP contribution < -0.4 is 5.56 Å².